The van der Waals surface area contributed by atoms with Crippen molar-refractivity contribution in [2.24, 2.45) is 0 Å². The quantitative estimate of drug-likeness (QED) is 0.343. The van der Waals surface area contributed by atoms with Crippen molar-refractivity contribution in [2.75, 3.05) is 14.2 Å². The van der Waals surface area contributed by atoms with E-state index in [1.807, 2.05) is 0 Å². The van der Waals surface area contributed by atoms with Crippen LogP contribution in [-0.2, 0) is 0 Å². The van der Waals surface area contributed by atoms with Gasteiger partial charge in [0.2, 0.25) is 0 Å². The van der Waals surface area contributed by atoms with E-state index < -0.39 is 0 Å². The molecule has 4 heterocycles. The molecule has 0 unspecified atom stereocenters. The molecule has 0 fully saturated rings. The second kappa shape index (κ2) is 8.84. The second-order valence-corrected chi connectivity index (χ2v) is 12.3. The Morgan fingerprint density at radius 2 is 0.971 bits per heavy atom. The zero-order chi connectivity index (χ0) is 24.3. The molecule has 2 aliphatic heterocycles. The summed E-state index contributed by atoms with van der Waals surface area (Å²) in [5, 5.41) is 1.71. The van der Waals surface area contributed by atoms with Crippen LogP contribution in [0.25, 0.3) is 21.6 Å². The van der Waals surface area contributed by atoms with E-state index in [2.05, 4.69) is 33.1 Å². The smallest absolute Gasteiger partial charge is 0.261 e. The molecular weight excluding hydrogens is 553 g/mol. The minimum absolute atomic E-state index is 0.218. The van der Waals surface area contributed by atoms with Gasteiger partial charge >= 0.3 is 0 Å². The SMILES string of the molecule is C=c1[nH]c(=S)[nH]c(=O)c1=C1Sc2c(OC)c3c(c(OC)c2S1)SC(=c1c(=C)[nH]c(=S)[nH]c1=O)S3. The maximum absolute atomic E-state index is 12.6. The highest BCUT2D eigenvalue weighted by Crippen LogP contribution is 2.67. The van der Waals surface area contributed by atoms with Gasteiger partial charge in [-0.1, -0.05) is 60.2 Å². The molecule has 4 N–H and O–H groups in total. The van der Waals surface area contributed by atoms with E-state index in [4.69, 9.17) is 33.9 Å². The number of methoxy groups -OCH3 is 2. The van der Waals surface area contributed by atoms with E-state index >= 15 is 0 Å². The molecule has 0 amide bonds. The Hall–Kier alpha value is -2.10. The second-order valence-electron chi connectivity index (χ2n) is 6.89. The number of benzene rings is 1. The highest BCUT2D eigenvalue weighted by Gasteiger charge is 2.37. The summed E-state index contributed by atoms with van der Waals surface area (Å²) in [6, 6.07) is 0. The van der Waals surface area contributed by atoms with E-state index in [0.717, 1.165) is 28.1 Å². The molecule has 0 aliphatic carbocycles. The number of rotatable bonds is 2. The summed E-state index contributed by atoms with van der Waals surface area (Å²) >= 11 is 15.7. The van der Waals surface area contributed by atoms with Crippen molar-refractivity contribution >= 4 is 93.1 Å². The molecule has 0 saturated heterocycles. The molecule has 2 aliphatic rings. The van der Waals surface area contributed by atoms with E-state index in [-0.39, 0.29) is 20.7 Å². The Balaban J connectivity index is 1.77. The van der Waals surface area contributed by atoms with Crippen LogP contribution in [0.5, 0.6) is 11.5 Å². The average molecular weight is 567 g/mol. The van der Waals surface area contributed by atoms with Crippen molar-refractivity contribution in [2.45, 2.75) is 19.6 Å². The summed E-state index contributed by atoms with van der Waals surface area (Å²) in [4.78, 5) is 39.6. The maximum Gasteiger partial charge on any atom is 0.261 e. The van der Waals surface area contributed by atoms with Gasteiger partial charge in [-0.25, -0.2) is 0 Å². The van der Waals surface area contributed by atoms with Crippen LogP contribution in [0.15, 0.2) is 29.2 Å². The lowest BCUT2D eigenvalue weighted by molar-refractivity contribution is 0.365. The molecule has 2 aromatic heterocycles. The predicted molar refractivity (Wildman–Crippen MR) is 144 cm³/mol. The Morgan fingerprint density at radius 3 is 1.24 bits per heavy atom. The van der Waals surface area contributed by atoms with Crippen LogP contribution in [0, 0.1) is 9.54 Å². The van der Waals surface area contributed by atoms with E-state index in [1.165, 1.54) is 47.0 Å². The molecule has 3 aromatic rings. The van der Waals surface area contributed by atoms with Gasteiger partial charge in [-0.15, -0.1) is 0 Å². The van der Waals surface area contributed by atoms with Gasteiger partial charge in [0.05, 0.1) is 52.7 Å². The molecule has 0 radical (unpaired) electrons. The van der Waals surface area contributed by atoms with Gasteiger partial charge in [0.15, 0.2) is 9.54 Å². The zero-order valence-corrected chi connectivity index (χ0v) is 22.4. The standard InChI is InChI=1S/C20H14N4O4S6/c1-5-7(15(25)23-19(29)21-5)17-31-11-9(27-3)13-14(10(28-4)12(11)32-17)34-18(33-13)8-6(2)22-20(30)24-16(8)26/h1-2H2,3-4H3,(H2,21,23,25,29)(H2,22,24,26,30). The van der Waals surface area contributed by atoms with Crippen LogP contribution in [-0.4, -0.2) is 34.2 Å². The van der Waals surface area contributed by atoms with Crippen LogP contribution in [0.1, 0.15) is 0 Å². The van der Waals surface area contributed by atoms with E-state index in [0.29, 0.717) is 32.6 Å². The van der Waals surface area contributed by atoms with Gasteiger partial charge in [0, 0.05) is 10.7 Å². The number of nitrogens with one attached hydrogen (secondary N) is 4. The fraction of sp³-hybridized carbons (Fsp3) is 0.100. The Morgan fingerprint density at radius 1 is 0.647 bits per heavy atom. The van der Waals surface area contributed by atoms with Crippen molar-refractivity contribution in [3.8, 4) is 11.5 Å². The van der Waals surface area contributed by atoms with Crippen molar-refractivity contribution in [1.82, 2.24) is 19.9 Å². The first-order chi connectivity index (χ1) is 16.2. The average Bonchev–Trinajstić information content (AvgIpc) is 3.35. The third-order valence-corrected chi connectivity index (χ3v) is 10.5. The highest BCUT2D eigenvalue weighted by molar-refractivity contribution is 8.33. The summed E-state index contributed by atoms with van der Waals surface area (Å²) in [6.07, 6.45) is 0. The van der Waals surface area contributed by atoms with Gasteiger partial charge in [-0.3, -0.25) is 19.6 Å². The number of thioether (sulfide) groups is 4. The fourth-order valence-electron chi connectivity index (χ4n) is 3.48. The number of H-pyrrole nitrogens is 4. The fourth-order valence-corrected chi connectivity index (χ4v) is 9.74. The molecule has 14 heteroatoms. The Kier molecular flexibility index (Phi) is 6.14. The number of hydrogen-bond acceptors (Lipinski definition) is 10. The highest BCUT2D eigenvalue weighted by atomic mass is 32.2. The van der Waals surface area contributed by atoms with E-state index in [9.17, 15) is 9.59 Å². The molecule has 8 nitrogen and oxygen atoms in total. The van der Waals surface area contributed by atoms with Crippen molar-refractivity contribution in [1.29, 1.82) is 0 Å². The van der Waals surface area contributed by atoms with Crippen LogP contribution >= 0.6 is 71.5 Å². The molecule has 34 heavy (non-hydrogen) atoms. The van der Waals surface area contributed by atoms with Gasteiger partial charge in [-0.2, -0.15) is 0 Å². The lowest BCUT2D eigenvalue weighted by Crippen LogP contribution is -2.43. The molecular formula is C20H14N4O4S6. The van der Waals surface area contributed by atoms with Crippen molar-refractivity contribution in [3.63, 3.8) is 0 Å². The number of hydrogen-bond donors (Lipinski definition) is 4. The number of aromatic nitrogens is 4. The summed E-state index contributed by atoms with van der Waals surface area (Å²) in [5.74, 6) is 1.28. The first-order valence-electron chi connectivity index (χ1n) is 9.38. The number of ether oxygens (including phenoxy) is 2. The van der Waals surface area contributed by atoms with Gasteiger partial charge in [0.1, 0.15) is 11.5 Å². The monoisotopic (exact) mass is 566 g/mol. The van der Waals surface area contributed by atoms with Crippen LogP contribution < -0.4 is 41.7 Å². The summed E-state index contributed by atoms with van der Waals surface area (Å²) in [7, 11) is 3.18. The molecule has 5 rings (SSSR count). The lowest BCUT2D eigenvalue weighted by atomic mass is 10.3. The topological polar surface area (TPSA) is 116 Å². The molecule has 0 atom stereocenters. The number of fused-ring (bicyclic) bond motifs is 2. The first-order valence-corrected chi connectivity index (χ1v) is 13.5. The molecule has 1 aromatic carbocycles. The van der Waals surface area contributed by atoms with Crippen molar-refractivity contribution < 1.29 is 9.47 Å². The normalized spacial score (nSPS) is 14.3. The lowest BCUT2D eigenvalue weighted by Gasteiger charge is -2.14. The van der Waals surface area contributed by atoms with Crippen LogP contribution in [0.4, 0.5) is 0 Å². The minimum atomic E-state index is -0.315. The van der Waals surface area contributed by atoms with E-state index in [1.54, 1.807) is 14.2 Å². The third-order valence-electron chi connectivity index (χ3n) is 4.87. The van der Waals surface area contributed by atoms with Gasteiger partial charge in [-0.05, 0) is 24.4 Å². The largest absolute Gasteiger partial charge is 0.494 e. The van der Waals surface area contributed by atoms with Crippen molar-refractivity contribution in [3.05, 3.63) is 51.4 Å². The Bertz CT molecular complexity index is 1620. The summed E-state index contributed by atoms with van der Waals surface area (Å²) in [6.45, 7) is 7.90. The first kappa shape index (κ1) is 23.6. The molecule has 0 bridgehead atoms. The molecule has 0 saturated carbocycles. The number of aromatic amines is 4. The third kappa shape index (κ3) is 3.72. The van der Waals surface area contributed by atoms with Gasteiger partial charge < -0.3 is 19.4 Å². The predicted octanol–water partition coefficient (Wildman–Crippen LogP) is 1.94. The maximum atomic E-state index is 12.6. The summed E-state index contributed by atoms with van der Waals surface area (Å²) < 4.78 is 13.6. The minimum Gasteiger partial charge on any atom is -0.494 e. The Labute approximate surface area is 218 Å². The van der Waals surface area contributed by atoms with Crippen LogP contribution in [0.3, 0.4) is 0 Å². The molecule has 174 valence electrons. The van der Waals surface area contributed by atoms with Gasteiger partial charge in [0.25, 0.3) is 11.1 Å². The van der Waals surface area contributed by atoms with Crippen LogP contribution in [0.2, 0.25) is 0 Å². The molecule has 0 spiro atoms. The summed E-state index contributed by atoms with van der Waals surface area (Å²) in [5.41, 5.74) is -0.630. The zero-order valence-electron chi connectivity index (χ0n) is 17.5.